The zero-order valence-corrected chi connectivity index (χ0v) is 7.34. The Labute approximate surface area is 75.4 Å². The van der Waals surface area contributed by atoms with E-state index in [1.807, 2.05) is 0 Å². The maximum atomic E-state index is 10.6. The topological polar surface area (TPSA) is 108 Å². The fraction of sp³-hybridized carbons (Fsp3) is 0.286. The maximum absolute atomic E-state index is 10.6. The molecule has 13 heavy (non-hydrogen) atoms. The van der Waals surface area contributed by atoms with Gasteiger partial charge in [-0.15, -0.1) is 0 Å². The van der Waals surface area contributed by atoms with E-state index in [1.165, 1.54) is 13.8 Å². The minimum absolute atomic E-state index is 0.213. The van der Waals surface area contributed by atoms with Gasteiger partial charge in [-0.1, -0.05) is 0 Å². The number of nitriles is 1. The minimum atomic E-state index is -0.835. The first kappa shape index (κ1) is 11.0. The average molecular weight is 182 g/mol. The number of nitrogens with two attached hydrogens (primary N) is 1. The molecule has 0 aromatic rings. The van der Waals surface area contributed by atoms with Crippen molar-refractivity contribution >= 4 is 11.8 Å². The fourth-order valence-corrected chi connectivity index (χ4v) is 0.568. The minimum Gasteiger partial charge on any atom is -0.365 e. The molecule has 0 aliphatic heterocycles. The summed E-state index contributed by atoms with van der Waals surface area (Å²) in [6, 6.07) is 1.62. The number of carbonyl (C=O) groups is 2. The number of amides is 2. The van der Waals surface area contributed by atoms with Crippen molar-refractivity contribution in [1.82, 2.24) is 10.9 Å². The number of nitrogens with zero attached hydrogens (tertiary/aromatic N) is 1. The van der Waals surface area contributed by atoms with Crippen LogP contribution in [0, 0.1) is 11.3 Å². The van der Waals surface area contributed by atoms with Gasteiger partial charge < -0.3 is 11.2 Å². The summed E-state index contributed by atoms with van der Waals surface area (Å²) in [5, 5.41) is 8.47. The van der Waals surface area contributed by atoms with Gasteiger partial charge in [0.25, 0.3) is 5.91 Å². The molecule has 0 bridgehead atoms. The molecule has 0 heterocycles. The SMILES string of the molecule is CC(=O)NN/C(C)=C(/C#N)C(N)=O. The summed E-state index contributed by atoms with van der Waals surface area (Å²) in [6.07, 6.45) is 0. The molecule has 6 nitrogen and oxygen atoms in total. The van der Waals surface area contributed by atoms with Crippen molar-refractivity contribution in [2.75, 3.05) is 0 Å². The number of hydrogen-bond donors (Lipinski definition) is 3. The molecule has 0 atom stereocenters. The summed E-state index contributed by atoms with van der Waals surface area (Å²) in [5.41, 5.74) is 9.46. The van der Waals surface area contributed by atoms with Crippen LogP contribution in [0.1, 0.15) is 13.8 Å². The zero-order valence-electron chi connectivity index (χ0n) is 7.34. The number of primary amides is 1. The van der Waals surface area contributed by atoms with Crippen LogP contribution in [0.3, 0.4) is 0 Å². The molecule has 0 aliphatic carbocycles. The number of hydrazine groups is 1. The lowest BCUT2D eigenvalue weighted by molar-refractivity contribution is -0.120. The van der Waals surface area contributed by atoms with Gasteiger partial charge in [0.1, 0.15) is 11.6 Å². The largest absolute Gasteiger partial charge is 0.365 e. The van der Waals surface area contributed by atoms with Crippen molar-refractivity contribution in [3.05, 3.63) is 11.3 Å². The summed E-state index contributed by atoms with van der Waals surface area (Å²) >= 11 is 0. The van der Waals surface area contributed by atoms with Gasteiger partial charge in [-0.3, -0.25) is 15.0 Å². The predicted octanol–water partition coefficient (Wildman–Crippen LogP) is -1.09. The number of allylic oxidation sites excluding steroid dienone is 1. The van der Waals surface area contributed by atoms with Crippen LogP contribution in [0.5, 0.6) is 0 Å². The van der Waals surface area contributed by atoms with Crippen molar-refractivity contribution in [2.45, 2.75) is 13.8 Å². The quantitative estimate of drug-likeness (QED) is 0.293. The number of hydrogen-bond acceptors (Lipinski definition) is 4. The van der Waals surface area contributed by atoms with Gasteiger partial charge in [-0.25, -0.2) is 0 Å². The number of nitrogens with one attached hydrogen (secondary N) is 2. The molecule has 4 N–H and O–H groups in total. The van der Waals surface area contributed by atoms with Crippen molar-refractivity contribution < 1.29 is 9.59 Å². The van der Waals surface area contributed by atoms with E-state index in [0.717, 1.165) is 0 Å². The Morgan fingerprint density at radius 1 is 1.31 bits per heavy atom. The Morgan fingerprint density at radius 2 is 1.85 bits per heavy atom. The van der Waals surface area contributed by atoms with Gasteiger partial charge in [0.05, 0.1) is 5.70 Å². The van der Waals surface area contributed by atoms with Crippen molar-refractivity contribution in [1.29, 1.82) is 5.26 Å². The molecule has 0 rings (SSSR count). The summed E-state index contributed by atoms with van der Waals surface area (Å²) < 4.78 is 0. The Bertz CT molecular complexity index is 300. The Kier molecular flexibility index (Phi) is 4.02. The zero-order chi connectivity index (χ0) is 10.4. The van der Waals surface area contributed by atoms with Crippen LogP contribution in [-0.4, -0.2) is 11.8 Å². The third kappa shape index (κ3) is 3.76. The first-order chi connectivity index (χ1) is 5.99. The van der Waals surface area contributed by atoms with Gasteiger partial charge in [-0.2, -0.15) is 5.26 Å². The number of carbonyl (C=O) groups excluding carboxylic acids is 2. The monoisotopic (exact) mass is 182 g/mol. The van der Waals surface area contributed by atoms with Gasteiger partial charge in [0.2, 0.25) is 5.91 Å². The van der Waals surface area contributed by atoms with E-state index in [2.05, 4.69) is 10.9 Å². The van der Waals surface area contributed by atoms with Crippen LogP contribution in [0.15, 0.2) is 11.3 Å². The van der Waals surface area contributed by atoms with E-state index < -0.39 is 5.91 Å². The number of rotatable bonds is 3. The highest BCUT2D eigenvalue weighted by molar-refractivity contribution is 5.96. The fourth-order valence-electron chi connectivity index (χ4n) is 0.568. The maximum Gasteiger partial charge on any atom is 0.261 e. The smallest absolute Gasteiger partial charge is 0.261 e. The van der Waals surface area contributed by atoms with E-state index in [1.54, 1.807) is 6.07 Å². The second kappa shape index (κ2) is 4.77. The molecule has 0 radical (unpaired) electrons. The van der Waals surface area contributed by atoms with Crippen LogP contribution in [0.2, 0.25) is 0 Å². The van der Waals surface area contributed by atoms with Gasteiger partial charge in [0.15, 0.2) is 0 Å². The summed E-state index contributed by atoms with van der Waals surface area (Å²) in [6.45, 7) is 2.75. The Morgan fingerprint density at radius 3 is 2.15 bits per heavy atom. The molecule has 0 fully saturated rings. The Hall–Kier alpha value is -2.03. The van der Waals surface area contributed by atoms with Crippen molar-refractivity contribution in [3.8, 4) is 6.07 Å². The summed E-state index contributed by atoms with van der Waals surface area (Å²) in [4.78, 5) is 21.0. The standard InChI is InChI=1S/C7H10N4O2/c1-4(10-11-5(2)12)6(3-8)7(9)13/h10H,1-2H3,(H2,9,13)(H,11,12)/b6-4-. The lowest BCUT2D eigenvalue weighted by Crippen LogP contribution is -2.35. The van der Waals surface area contributed by atoms with Crippen molar-refractivity contribution in [3.63, 3.8) is 0 Å². The summed E-state index contributed by atoms with van der Waals surface area (Å²) in [7, 11) is 0. The second-order valence-corrected chi connectivity index (χ2v) is 2.28. The van der Waals surface area contributed by atoms with E-state index in [4.69, 9.17) is 11.0 Å². The molecular formula is C7H10N4O2. The first-order valence-corrected chi connectivity index (χ1v) is 3.42. The lowest BCUT2D eigenvalue weighted by atomic mass is 10.2. The van der Waals surface area contributed by atoms with Gasteiger partial charge in [-0.05, 0) is 6.92 Å². The second-order valence-electron chi connectivity index (χ2n) is 2.28. The van der Waals surface area contributed by atoms with Crippen LogP contribution < -0.4 is 16.6 Å². The van der Waals surface area contributed by atoms with Crippen molar-refractivity contribution in [2.24, 2.45) is 5.73 Å². The molecule has 0 saturated heterocycles. The molecular weight excluding hydrogens is 172 g/mol. The predicted molar refractivity (Wildman–Crippen MR) is 44.5 cm³/mol. The molecule has 2 amide bonds. The van der Waals surface area contributed by atoms with E-state index >= 15 is 0 Å². The highest BCUT2D eigenvalue weighted by atomic mass is 16.2. The third-order valence-corrected chi connectivity index (χ3v) is 1.16. The molecule has 0 aromatic heterocycles. The van der Waals surface area contributed by atoms with E-state index in [-0.39, 0.29) is 17.2 Å². The molecule has 0 saturated carbocycles. The van der Waals surface area contributed by atoms with Crippen LogP contribution in [0.4, 0.5) is 0 Å². The molecule has 70 valence electrons. The van der Waals surface area contributed by atoms with Gasteiger partial charge >= 0.3 is 0 Å². The van der Waals surface area contributed by atoms with Crippen LogP contribution >= 0.6 is 0 Å². The van der Waals surface area contributed by atoms with E-state index in [9.17, 15) is 9.59 Å². The summed E-state index contributed by atoms with van der Waals surface area (Å²) in [5.74, 6) is -1.17. The molecule has 0 spiro atoms. The molecule has 0 unspecified atom stereocenters. The Balaban J connectivity index is 4.51. The van der Waals surface area contributed by atoms with Crippen LogP contribution in [0.25, 0.3) is 0 Å². The van der Waals surface area contributed by atoms with E-state index in [0.29, 0.717) is 0 Å². The molecule has 0 aliphatic rings. The highest BCUT2D eigenvalue weighted by Gasteiger charge is 2.07. The molecule has 6 heteroatoms. The normalized spacial score (nSPS) is 10.8. The molecule has 0 aromatic carbocycles. The van der Waals surface area contributed by atoms with Crippen LogP contribution in [-0.2, 0) is 9.59 Å². The average Bonchev–Trinajstić information content (AvgIpc) is 2.01. The van der Waals surface area contributed by atoms with Gasteiger partial charge in [0, 0.05) is 6.92 Å². The third-order valence-electron chi connectivity index (χ3n) is 1.16. The first-order valence-electron chi connectivity index (χ1n) is 3.42. The lowest BCUT2D eigenvalue weighted by Gasteiger charge is -2.06. The highest BCUT2D eigenvalue weighted by Crippen LogP contribution is 1.96.